The molecule has 3 rings (SSSR count). The van der Waals surface area contributed by atoms with E-state index in [1.165, 1.54) is 69.4 Å². The van der Waals surface area contributed by atoms with Crippen LogP contribution in [-0.4, -0.2) is 37.6 Å². The molecule has 2 aliphatic rings. The third kappa shape index (κ3) is 4.17. The Kier molecular flexibility index (Phi) is 5.65. The Labute approximate surface area is 140 Å². The monoisotopic (exact) mass is 320 g/mol. The van der Waals surface area contributed by atoms with E-state index in [1.807, 2.05) is 6.07 Å². The maximum atomic E-state index is 6.37. The molecule has 1 aliphatic heterocycles. The number of halogens is 1. The minimum Gasteiger partial charge on any atom is -0.368 e. The van der Waals surface area contributed by atoms with Crippen molar-refractivity contribution in [1.29, 1.82) is 0 Å². The van der Waals surface area contributed by atoms with Crippen LogP contribution >= 0.6 is 11.6 Å². The van der Waals surface area contributed by atoms with Gasteiger partial charge in [0, 0.05) is 26.2 Å². The maximum absolute atomic E-state index is 6.37. The summed E-state index contributed by atoms with van der Waals surface area (Å²) < 4.78 is 0. The summed E-state index contributed by atoms with van der Waals surface area (Å²) in [5, 5.41) is 0.890. The topological polar surface area (TPSA) is 6.48 Å². The summed E-state index contributed by atoms with van der Waals surface area (Å²) in [6.07, 6.45) is 8.74. The van der Waals surface area contributed by atoms with Crippen LogP contribution in [0.25, 0.3) is 0 Å². The lowest BCUT2D eigenvalue weighted by Crippen LogP contribution is -2.47. The van der Waals surface area contributed by atoms with E-state index >= 15 is 0 Å². The third-order valence-electron chi connectivity index (χ3n) is 5.39. The van der Waals surface area contributed by atoms with Crippen molar-refractivity contribution in [3.63, 3.8) is 0 Å². The SMILES string of the molecule is Cc1ccc(Cl)c(N2CCN(CCC3CCCCC3)CC2)c1. The summed E-state index contributed by atoms with van der Waals surface area (Å²) in [6.45, 7) is 8.00. The Hall–Kier alpha value is -0.730. The Morgan fingerprint density at radius 3 is 2.50 bits per heavy atom. The van der Waals surface area contributed by atoms with Crippen molar-refractivity contribution >= 4 is 17.3 Å². The standard InChI is InChI=1S/C19H29ClN2/c1-16-7-8-18(20)19(15-16)22-13-11-21(12-14-22)10-9-17-5-3-2-4-6-17/h7-8,15,17H,2-6,9-14H2,1H3. The van der Waals surface area contributed by atoms with Crippen LogP contribution in [0.2, 0.25) is 5.02 Å². The van der Waals surface area contributed by atoms with Gasteiger partial charge in [0.2, 0.25) is 0 Å². The lowest BCUT2D eigenvalue weighted by atomic mass is 9.87. The van der Waals surface area contributed by atoms with Gasteiger partial charge in [-0.1, -0.05) is 49.8 Å². The fourth-order valence-electron chi connectivity index (χ4n) is 3.92. The summed E-state index contributed by atoms with van der Waals surface area (Å²) in [6, 6.07) is 6.34. The largest absolute Gasteiger partial charge is 0.368 e. The van der Waals surface area contributed by atoms with E-state index in [0.717, 1.165) is 24.0 Å². The number of benzene rings is 1. The molecule has 0 bridgehead atoms. The van der Waals surface area contributed by atoms with Gasteiger partial charge in [0.05, 0.1) is 10.7 Å². The van der Waals surface area contributed by atoms with Crippen LogP contribution in [0.15, 0.2) is 18.2 Å². The van der Waals surface area contributed by atoms with Gasteiger partial charge in [-0.3, -0.25) is 4.90 Å². The number of anilines is 1. The van der Waals surface area contributed by atoms with E-state index in [9.17, 15) is 0 Å². The fourth-order valence-corrected chi connectivity index (χ4v) is 4.16. The predicted octanol–water partition coefficient (Wildman–Crippen LogP) is 4.74. The van der Waals surface area contributed by atoms with Gasteiger partial charge < -0.3 is 4.90 Å². The van der Waals surface area contributed by atoms with E-state index < -0.39 is 0 Å². The van der Waals surface area contributed by atoms with Gasteiger partial charge in [0.15, 0.2) is 0 Å². The number of hydrogen-bond donors (Lipinski definition) is 0. The van der Waals surface area contributed by atoms with Crippen molar-refractivity contribution in [2.45, 2.75) is 45.4 Å². The van der Waals surface area contributed by atoms with Crippen LogP contribution in [0.5, 0.6) is 0 Å². The number of rotatable bonds is 4. The lowest BCUT2D eigenvalue weighted by Gasteiger charge is -2.37. The fraction of sp³-hybridized carbons (Fsp3) is 0.684. The minimum absolute atomic E-state index is 0.890. The molecule has 1 saturated carbocycles. The number of piperazine rings is 1. The van der Waals surface area contributed by atoms with Gasteiger partial charge in [-0.05, 0) is 43.5 Å². The van der Waals surface area contributed by atoms with Crippen LogP contribution in [0, 0.1) is 12.8 Å². The molecule has 0 amide bonds. The highest BCUT2D eigenvalue weighted by Crippen LogP contribution is 2.29. The molecule has 0 atom stereocenters. The summed E-state index contributed by atoms with van der Waals surface area (Å²) in [7, 11) is 0. The average molecular weight is 321 g/mol. The van der Waals surface area contributed by atoms with Gasteiger partial charge in [0.25, 0.3) is 0 Å². The highest BCUT2D eigenvalue weighted by Gasteiger charge is 2.20. The summed E-state index contributed by atoms with van der Waals surface area (Å²) >= 11 is 6.37. The Bertz CT molecular complexity index is 474. The summed E-state index contributed by atoms with van der Waals surface area (Å²) in [5.41, 5.74) is 2.51. The number of hydrogen-bond acceptors (Lipinski definition) is 2. The van der Waals surface area contributed by atoms with Crippen molar-refractivity contribution in [3.8, 4) is 0 Å². The molecule has 1 aliphatic carbocycles. The molecule has 2 fully saturated rings. The van der Waals surface area contributed by atoms with E-state index in [2.05, 4.69) is 28.9 Å². The Morgan fingerprint density at radius 1 is 1.05 bits per heavy atom. The van der Waals surface area contributed by atoms with Crippen LogP contribution in [0.4, 0.5) is 5.69 Å². The van der Waals surface area contributed by atoms with Crippen molar-refractivity contribution < 1.29 is 0 Å². The highest BCUT2D eigenvalue weighted by atomic mass is 35.5. The quantitative estimate of drug-likeness (QED) is 0.790. The van der Waals surface area contributed by atoms with Crippen LogP contribution in [0.1, 0.15) is 44.1 Å². The molecule has 1 heterocycles. The third-order valence-corrected chi connectivity index (χ3v) is 5.71. The molecular formula is C19H29ClN2. The average Bonchev–Trinajstić information content (AvgIpc) is 2.57. The van der Waals surface area contributed by atoms with Crippen molar-refractivity contribution in [2.24, 2.45) is 5.92 Å². The van der Waals surface area contributed by atoms with Crippen LogP contribution in [-0.2, 0) is 0 Å². The zero-order valence-corrected chi connectivity index (χ0v) is 14.6. The molecule has 0 spiro atoms. The first kappa shape index (κ1) is 16.1. The van der Waals surface area contributed by atoms with Gasteiger partial charge in [-0.25, -0.2) is 0 Å². The zero-order valence-electron chi connectivity index (χ0n) is 13.9. The van der Waals surface area contributed by atoms with Gasteiger partial charge in [-0.15, -0.1) is 0 Å². The molecule has 2 nitrogen and oxygen atoms in total. The van der Waals surface area contributed by atoms with Crippen LogP contribution in [0.3, 0.4) is 0 Å². The van der Waals surface area contributed by atoms with Crippen LogP contribution < -0.4 is 4.90 Å². The van der Waals surface area contributed by atoms with E-state index in [-0.39, 0.29) is 0 Å². The minimum atomic E-state index is 0.890. The second-order valence-electron chi connectivity index (χ2n) is 7.08. The highest BCUT2D eigenvalue weighted by molar-refractivity contribution is 6.33. The molecule has 22 heavy (non-hydrogen) atoms. The first-order valence-electron chi connectivity index (χ1n) is 8.96. The van der Waals surface area contributed by atoms with E-state index in [1.54, 1.807) is 0 Å². The molecule has 1 aromatic carbocycles. The van der Waals surface area contributed by atoms with Crippen molar-refractivity contribution in [3.05, 3.63) is 28.8 Å². The summed E-state index contributed by atoms with van der Waals surface area (Å²) in [5.74, 6) is 0.998. The first-order valence-corrected chi connectivity index (χ1v) is 9.33. The van der Waals surface area contributed by atoms with Crippen molar-refractivity contribution in [2.75, 3.05) is 37.6 Å². The molecule has 0 radical (unpaired) electrons. The molecule has 1 aromatic rings. The normalized spacial score (nSPS) is 21.3. The molecule has 0 N–H and O–H groups in total. The molecule has 0 unspecified atom stereocenters. The lowest BCUT2D eigenvalue weighted by molar-refractivity contribution is 0.221. The molecular weight excluding hydrogens is 292 g/mol. The summed E-state index contributed by atoms with van der Waals surface area (Å²) in [4.78, 5) is 5.10. The Balaban J connectivity index is 1.46. The van der Waals surface area contributed by atoms with Gasteiger partial charge in [-0.2, -0.15) is 0 Å². The number of nitrogens with zero attached hydrogens (tertiary/aromatic N) is 2. The van der Waals surface area contributed by atoms with Crippen molar-refractivity contribution in [1.82, 2.24) is 4.90 Å². The zero-order chi connectivity index (χ0) is 15.4. The molecule has 3 heteroatoms. The second kappa shape index (κ2) is 7.70. The second-order valence-corrected chi connectivity index (χ2v) is 7.48. The maximum Gasteiger partial charge on any atom is 0.0639 e. The molecule has 1 saturated heterocycles. The predicted molar refractivity (Wildman–Crippen MR) is 96.0 cm³/mol. The smallest absolute Gasteiger partial charge is 0.0639 e. The Morgan fingerprint density at radius 2 is 1.77 bits per heavy atom. The molecule has 122 valence electrons. The van der Waals surface area contributed by atoms with E-state index in [0.29, 0.717) is 0 Å². The van der Waals surface area contributed by atoms with E-state index in [4.69, 9.17) is 11.6 Å². The van der Waals surface area contributed by atoms with Gasteiger partial charge >= 0.3 is 0 Å². The molecule has 0 aromatic heterocycles. The first-order chi connectivity index (χ1) is 10.7. The van der Waals surface area contributed by atoms with Gasteiger partial charge in [0.1, 0.15) is 0 Å². The number of aryl methyl sites for hydroxylation is 1.